The van der Waals surface area contributed by atoms with Crippen molar-refractivity contribution in [2.75, 3.05) is 18.4 Å². The summed E-state index contributed by atoms with van der Waals surface area (Å²) in [5, 5.41) is 6.20. The van der Waals surface area contributed by atoms with Crippen LogP contribution in [0.2, 0.25) is 0 Å². The number of hydrogen-bond donors (Lipinski definition) is 2. The quantitative estimate of drug-likeness (QED) is 0.879. The fraction of sp³-hybridized carbons (Fsp3) is 0.294. The predicted molar refractivity (Wildman–Crippen MR) is 88.1 cm³/mol. The Bertz CT molecular complexity index is 711. The monoisotopic (exact) mass is 334 g/mol. The fourth-order valence-corrected chi connectivity index (χ4v) is 2.58. The molecule has 1 unspecified atom stereocenters. The number of nitrogens with one attached hydrogen (secondary N) is 2. The van der Waals surface area contributed by atoms with Crippen LogP contribution in [-0.4, -0.2) is 30.5 Å². The maximum absolute atomic E-state index is 13.1. The van der Waals surface area contributed by atoms with Gasteiger partial charge >= 0.3 is 6.18 Å². The molecule has 1 aromatic carbocycles. The van der Waals surface area contributed by atoms with E-state index >= 15 is 0 Å². The molecule has 2 aromatic rings. The van der Waals surface area contributed by atoms with E-state index in [4.69, 9.17) is 0 Å². The van der Waals surface area contributed by atoms with Gasteiger partial charge in [0.1, 0.15) is 5.82 Å². The van der Waals surface area contributed by atoms with Gasteiger partial charge in [0.25, 0.3) is 0 Å². The summed E-state index contributed by atoms with van der Waals surface area (Å²) in [5.41, 5.74) is -0.0763. The third-order valence-corrected chi connectivity index (χ3v) is 3.82. The maximum atomic E-state index is 13.1. The molecular formula is C17H17F3N4. The smallest absolute Gasteiger partial charge is 0.374 e. The molecule has 0 radical (unpaired) electrons. The Hall–Kier alpha value is -2.57. The zero-order valence-electron chi connectivity index (χ0n) is 12.8. The zero-order valence-corrected chi connectivity index (χ0v) is 12.8. The van der Waals surface area contributed by atoms with Crippen molar-refractivity contribution in [3.63, 3.8) is 0 Å². The van der Waals surface area contributed by atoms with Gasteiger partial charge in [0.15, 0.2) is 0 Å². The van der Waals surface area contributed by atoms with Gasteiger partial charge in [0, 0.05) is 24.8 Å². The van der Waals surface area contributed by atoms with Gasteiger partial charge in [-0.15, -0.1) is 0 Å². The van der Waals surface area contributed by atoms with E-state index in [2.05, 4.69) is 20.6 Å². The van der Waals surface area contributed by atoms with Crippen LogP contribution in [0.1, 0.15) is 12.0 Å². The molecule has 0 saturated heterocycles. The Balaban J connectivity index is 1.67. The van der Waals surface area contributed by atoms with Crippen molar-refractivity contribution in [2.45, 2.75) is 18.6 Å². The Labute approximate surface area is 137 Å². The summed E-state index contributed by atoms with van der Waals surface area (Å²) in [6.07, 6.45) is -0.356. The first-order chi connectivity index (χ1) is 11.5. The Morgan fingerprint density at radius 3 is 2.67 bits per heavy atom. The molecule has 0 amide bonds. The normalized spacial score (nSPS) is 16.9. The molecule has 1 aliphatic rings. The number of pyridine rings is 1. The molecule has 2 heterocycles. The maximum Gasteiger partial charge on any atom is 0.417 e. The van der Waals surface area contributed by atoms with E-state index in [-0.39, 0.29) is 11.6 Å². The highest BCUT2D eigenvalue weighted by Crippen LogP contribution is 2.36. The van der Waals surface area contributed by atoms with Crippen molar-refractivity contribution in [2.24, 2.45) is 4.99 Å². The van der Waals surface area contributed by atoms with Gasteiger partial charge in [0.05, 0.1) is 17.9 Å². The average Bonchev–Trinajstić information content (AvgIpc) is 3.08. The molecule has 0 spiro atoms. The van der Waals surface area contributed by atoms with Gasteiger partial charge < -0.3 is 10.6 Å². The molecule has 3 rings (SSSR count). The lowest BCUT2D eigenvalue weighted by Gasteiger charge is -2.13. The molecular weight excluding hydrogens is 317 g/mol. The van der Waals surface area contributed by atoms with Gasteiger partial charge in [-0.3, -0.25) is 4.99 Å². The van der Waals surface area contributed by atoms with Crippen LogP contribution in [0.3, 0.4) is 0 Å². The number of halogens is 3. The molecule has 126 valence electrons. The number of aliphatic imine (C=N–C) groups is 1. The summed E-state index contributed by atoms with van der Waals surface area (Å²) in [5.74, 6) is 0.637. The van der Waals surface area contributed by atoms with Gasteiger partial charge in [-0.25, -0.2) is 4.98 Å². The molecule has 7 heteroatoms. The van der Waals surface area contributed by atoms with Crippen LogP contribution in [0, 0.1) is 0 Å². The van der Waals surface area contributed by atoms with Crippen molar-refractivity contribution in [3.05, 3.63) is 48.2 Å². The van der Waals surface area contributed by atoms with Crippen LogP contribution in [-0.2, 0) is 6.18 Å². The first-order valence-electron chi connectivity index (χ1n) is 7.65. The number of rotatable bonds is 5. The second kappa shape index (κ2) is 6.90. The SMILES string of the molecule is FC(F)(F)c1ccccc1-c1ccc(NCCC2CNC=N2)nc1. The summed E-state index contributed by atoms with van der Waals surface area (Å²) in [6, 6.07) is 9.11. The predicted octanol–water partition coefficient (Wildman–Crippen LogP) is 3.57. The minimum Gasteiger partial charge on any atom is -0.374 e. The highest BCUT2D eigenvalue weighted by molar-refractivity contribution is 5.68. The highest BCUT2D eigenvalue weighted by Gasteiger charge is 2.33. The van der Waals surface area contributed by atoms with Crippen molar-refractivity contribution in [1.29, 1.82) is 0 Å². The second-order valence-corrected chi connectivity index (χ2v) is 5.53. The average molecular weight is 334 g/mol. The summed E-state index contributed by atoms with van der Waals surface area (Å²) < 4.78 is 39.2. The minimum atomic E-state index is -4.39. The van der Waals surface area contributed by atoms with Crippen LogP contribution in [0.25, 0.3) is 11.1 Å². The molecule has 2 N–H and O–H groups in total. The van der Waals surface area contributed by atoms with E-state index in [0.717, 1.165) is 19.0 Å². The van der Waals surface area contributed by atoms with Crippen LogP contribution < -0.4 is 10.6 Å². The molecule has 0 fully saturated rings. The van der Waals surface area contributed by atoms with Gasteiger partial charge in [-0.2, -0.15) is 13.2 Å². The number of anilines is 1. The highest BCUT2D eigenvalue weighted by atomic mass is 19.4. The molecule has 0 aliphatic carbocycles. The Morgan fingerprint density at radius 2 is 2.00 bits per heavy atom. The second-order valence-electron chi connectivity index (χ2n) is 5.53. The lowest BCUT2D eigenvalue weighted by Crippen LogP contribution is -2.18. The van der Waals surface area contributed by atoms with E-state index in [0.29, 0.717) is 17.9 Å². The van der Waals surface area contributed by atoms with E-state index in [1.54, 1.807) is 24.5 Å². The third kappa shape index (κ3) is 3.84. The topological polar surface area (TPSA) is 49.3 Å². The van der Waals surface area contributed by atoms with Crippen molar-refractivity contribution in [1.82, 2.24) is 10.3 Å². The summed E-state index contributed by atoms with van der Waals surface area (Å²) in [6.45, 7) is 1.54. The lowest BCUT2D eigenvalue weighted by atomic mass is 10.0. The molecule has 24 heavy (non-hydrogen) atoms. The molecule has 4 nitrogen and oxygen atoms in total. The summed E-state index contributed by atoms with van der Waals surface area (Å²) in [4.78, 5) is 8.46. The number of aromatic nitrogens is 1. The molecule has 1 aliphatic heterocycles. The van der Waals surface area contributed by atoms with E-state index in [1.807, 2.05) is 0 Å². The lowest BCUT2D eigenvalue weighted by molar-refractivity contribution is -0.137. The molecule has 1 aromatic heterocycles. The number of alkyl halides is 3. The van der Waals surface area contributed by atoms with Crippen LogP contribution in [0.5, 0.6) is 0 Å². The van der Waals surface area contributed by atoms with Gasteiger partial charge in [-0.1, -0.05) is 18.2 Å². The third-order valence-electron chi connectivity index (χ3n) is 3.82. The van der Waals surface area contributed by atoms with Gasteiger partial charge in [0.2, 0.25) is 0 Å². The van der Waals surface area contributed by atoms with Crippen molar-refractivity contribution in [3.8, 4) is 11.1 Å². The van der Waals surface area contributed by atoms with Gasteiger partial charge in [-0.05, 0) is 30.2 Å². The molecule has 0 saturated carbocycles. The number of benzene rings is 1. The molecule has 0 bridgehead atoms. The van der Waals surface area contributed by atoms with Crippen LogP contribution in [0.4, 0.5) is 19.0 Å². The van der Waals surface area contributed by atoms with Crippen LogP contribution >= 0.6 is 0 Å². The van der Waals surface area contributed by atoms with Crippen molar-refractivity contribution < 1.29 is 13.2 Å². The first-order valence-corrected chi connectivity index (χ1v) is 7.65. The Morgan fingerprint density at radius 1 is 1.17 bits per heavy atom. The number of hydrogen-bond acceptors (Lipinski definition) is 4. The van der Waals surface area contributed by atoms with E-state index in [1.165, 1.54) is 18.3 Å². The minimum absolute atomic E-state index is 0.135. The zero-order chi connectivity index (χ0) is 17.0. The van der Waals surface area contributed by atoms with E-state index in [9.17, 15) is 13.2 Å². The van der Waals surface area contributed by atoms with E-state index < -0.39 is 11.7 Å². The number of nitrogens with zero attached hydrogens (tertiary/aromatic N) is 2. The summed E-state index contributed by atoms with van der Waals surface area (Å²) in [7, 11) is 0. The molecule has 1 atom stereocenters. The van der Waals surface area contributed by atoms with Crippen LogP contribution in [0.15, 0.2) is 47.6 Å². The fourth-order valence-electron chi connectivity index (χ4n) is 2.58. The largest absolute Gasteiger partial charge is 0.417 e. The first kappa shape index (κ1) is 16.3. The summed E-state index contributed by atoms with van der Waals surface area (Å²) >= 11 is 0. The Kier molecular flexibility index (Phi) is 4.69. The van der Waals surface area contributed by atoms with Crippen molar-refractivity contribution >= 4 is 12.2 Å². The standard InChI is InChI=1S/C17H17F3N4/c18-17(19,20)15-4-2-1-3-14(15)12-5-6-16(23-9-12)22-8-7-13-10-21-11-24-13/h1-6,9,11,13H,7-8,10H2,(H,21,24)(H,22,23).